The Labute approximate surface area is 207 Å². The summed E-state index contributed by atoms with van der Waals surface area (Å²) in [7, 11) is 1.63. The number of hydrogen-bond donors (Lipinski definition) is 1. The van der Waals surface area contributed by atoms with Crippen LogP contribution in [0.3, 0.4) is 0 Å². The van der Waals surface area contributed by atoms with Gasteiger partial charge in [-0.2, -0.15) is 9.78 Å². The summed E-state index contributed by atoms with van der Waals surface area (Å²) in [6.45, 7) is 4.21. The third kappa shape index (κ3) is 4.67. The first-order valence-electron chi connectivity index (χ1n) is 11.3. The van der Waals surface area contributed by atoms with Crippen LogP contribution in [-0.2, 0) is 9.59 Å². The smallest absolute Gasteiger partial charge is 0.230 e. The van der Waals surface area contributed by atoms with E-state index in [4.69, 9.17) is 9.72 Å². The Morgan fingerprint density at radius 3 is 2.71 bits per heavy atom. The van der Waals surface area contributed by atoms with Crippen molar-refractivity contribution in [3.8, 4) is 22.1 Å². The van der Waals surface area contributed by atoms with E-state index in [0.29, 0.717) is 17.5 Å². The van der Waals surface area contributed by atoms with Gasteiger partial charge in [-0.1, -0.05) is 29.8 Å². The molecule has 2 aromatic carbocycles. The summed E-state index contributed by atoms with van der Waals surface area (Å²) in [4.78, 5) is 32.1. The number of carbonyl (C=O) groups excluding carboxylic acids is 2. The van der Waals surface area contributed by atoms with E-state index >= 15 is 0 Å². The Balaban J connectivity index is 1.34. The van der Waals surface area contributed by atoms with E-state index in [9.17, 15) is 9.59 Å². The molecule has 8 nitrogen and oxygen atoms in total. The first kappa shape index (κ1) is 22.8. The highest BCUT2D eigenvalue weighted by Crippen LogP contribution is 2.30. The van der Waals surface area contributed by atoms with Gasteiger partial charge >= 0.3 is 0 Å². The Bertz CT molecular complexity index is 1390. The molecule has 0 saturated carbocycles. The molecule has 178 valence electrons. The number of rotatable bonds is 6. The van der Waals surface area contributed by atoms with E-state index in [1.165, 1.54) is 11.3 Å². The molecule has 1 atom stereocenters. The highest BCUT2D eigenvalue weighted by atomic mass is 32.1. The lowest BCUT2D eigenvalue weighted by Gasteiger charge is -2.17. The third-order valence-corrected chi connectivity index (χ3v) is 6.78. The summed E-state index contributed by atoms with van der Waals surface area (Å²) in [5.74, 6) is 0.572. The summed E-state index contributed by atoms with van der Waals surface area (Å²) in [5.41, 5.74) is 4.41. The minimum atomic E-state index is -0.448. The fourth-order valence-electron chi connectivity index (χ4n) is 4.10. The summed E-state index contributed by atoms with van der Waals surface area (Å²) in [5, 5.41) is 10.1. The van der Waals surface area contributed by atoms with Crippen molar-refractivity contribution < 1.29 is 14.3 Å². The zero-order valence-electron chi connectivity index (χ0n) is 19.7. The fourth-order valence-corrected chi connectivity index (χ4v) is 4.89. The van der Waals surface area contributed by atoms with Crippen LogP contribution in [0.4, 0.5) is 11.5 Å². The van der Waals surface area contributed by atoms with Crippen LogP contribution in [0, 0.1) is 19.8 Å². The van der Waals surface area contributed by atoms with Gasteiger partial charge in [0.1, 0.15) is 11.6 Å². The Hall–Kier alpha value is -3.98. The predicted octanol–water partition coefficient (Wildman–Crippen LogP) is 4.61. The van der Waals surface area contributed by atoms with E-state index in [0.717, 1.165) is 34.0 Å². The first-order valence-corrected chi connectivity index (χ1v) is 12.1. The predicted molar refractivity (Wildman–Crippen MR) is 136 cm³/mol. The second kappa shape index (κ2) is 9.34. The van der Waals surface area contributed by atoms with E-state index in [2.05, 4.69) is 10.4 Å². The maximum absolute atomic E-state index is 13.1. The lowest BCUT2D eigenvalue weighted by atomic mass is 10.1. The minimum absolute atomic E-state index is 0.0541. The van der Waals surface area contributed by atoms with Crippen molar-refractivity contribution >= 4 is 34.7 Å². The second-order valence-corrected chi connectivity index (χ2v) is 9.40. The summed E-state index contributed by atoms with van der Waals surface area (Å²) in [6.07, 6.45) is 0.171. The molecule has 1 aliphatic rings. The molecular formula is C26H25N5O3S. The van der Waals surface area contributed by atoms with Crippen molar-refractivity contribution in [1.29, 1.82) is 0 Å². The molecule has 35 heavy (non-hydrogen) atoms. The summed E-state index contributed by atoms with van der Waals surface area (Å²) < 4.78 is 6.95. The van der Waals surface area contributed by atoms with Gasteiger partial charge in [-0.05, 0) is 38.1 Å². The van der Waals surface area contributed by atoms with Gasteiger partial charge < -0.3 is 15.0 Å². The van der Waals surface area contributed by atoms with Crippen LogP contribution in [0.5, 0.6) is 5.75 Å². The van der Waals surface area contributed by atoms with Crippen molar-refractivity contribution in [2.24, 2.45) is 5.92 Å². The monoisotopic (exact) mass is 487 g/mol. The molecule has 0 bridgehead atoms. The SMILES string of the molecule is COc1cccc(-c2csc(-n3nc(C)cc3NC(=O)C3CC(=O)N(c4ccc(C)cc4)C3)n2)c1. The van der Waals surface area contributed by atoms with Crippen LogP contribution < -0.4 is 15.0 Å². The van der Waals surface area contributed by atoms with Crippen molar-refractivity contribution in [3.63, 3.8) is 0 Å². The van der Waals surface area contributed by atoms with Crippen molar-refractivity contribution in [2.45, 2.75) is 20.3 Å². The number of benzene rings is 2. The van der Waals surface area contributed by atoms with Gasteiger partial charge in [-0.15, -0.1) is 11.3 Å². The normalized spacial score (nSPS) is 15.5. The lowest BCUT2D eigenvalue weighted by Crippen LogP contribution is -2.28. The number of hydrogen-bond acceptors (Lipinski definition) is 6. The van der Waals surface area contributed by atoms with Gasteiger partial charge in [0, 0.05) is 35.7 Å². The summed E-state index contributed by atoms with van der Waals surface area (Å²) in [6, 6.07) is 17.2. The molecule has 0 aliphatic carbocycles. The molecule has 2 amide bonds. The first-order chi connectivity index (χ1) is 16.9. The van der Waals surface area contributed by atoms with Crippen LogP contribution in [0.15, 0.2) is 60.0 Å². The molecule has 4 aromatic rings. The van der Waals surface area contributed by atoms with Gasteiger partial charge in [0.15, 0.2) is 0 Å². The molecule has 0 radical (unpaired) electrons. The molecule has 2 aromatic heterocycles. The van der Waals surface area contributed by atoms with E-state index in [1.54, 1.807) is 22.8 Å². The topological polar surface area (TPSA) is 89.3 Å². The zero-order valence-corrected chi connectivity index (χ0v) is 20.5. The fraction of sp³-hybridized carbons (Fsp3) is 0.231. The van der Waals surface area contributed by atoms with Crippen LogP contribution in [0.1, 0.15) is 17.7 Å². The van der Waals surface area contributed by atoms with Crippen molar-refractivity contribution in [2.75, 3.05) is 23.9 Å². The number of aromatic nitrogens is 3. The van der Waals surface area contributed by atoms with E-state index in [1.807, 2.05) is 67.8 Å². The number of amides is 2. The molecule has 1 aliphatic heterocycles. The number of aryl methyl sites for hydroxylation is 2. The highest BCUT2D eigenvalue weighted by molar-refractivity contribution is 7.12. The number of methoxy groups -OCH3 is 1. The average molecular weight is 488 g/mol. The number of ether oxygens (including phenoxy) is 1. The van der Waals surface area contributed by atoms with Crippen LogP contribution in [0.25, 0.3) is 16.4 Å². The third-order valence-electron chi connectivity index (χ3n) is 5.96. The van der Waals surface area contributed by atoms with Crippen molar-refractivity contribution in [3.05, 3.63) is 71.2 Å². The van der Waals surface area contributed by atoms with Gasteiger partial charge in [0.2, 0.25) is 16.9 Å². The van der Waals surface area contributed by atoms with Crippen LogP contribution in [-0.4, -0.2) is 40.2 Å². The molecule has 1 N–H and O–H groups in total. The average Bonchev–Trinajstić information content (AvgIpc) is 3.58. The second-order valence-electron chi connectivity index (χ2n) is 8.56. The standard InChI is InChI=1S/C26H25N5O3S/c1-16-7-9-20(10-8-16)30-14-19(13-24(30)32)25(33)28-23-11-17(2)29-31(23)26-27-22(15-35-26)18-5-4-6-21(12-18)34-3/h4-12,15,19H,13-14H2,1-3H3,(H,28,33). The van der Waals surface area contributed by atoms with Crippen LogP contribution >= 0.6 is 11.3 Å². The molecule has 1 unspecified atom stereocenters. The van der Waals surface area contributed by atoms with Crippen molar-refractivity contribution in [1.82, 2.24) is 14.8 Å². The number of nitrogens with one attached hydrogen (secondary N) is 1. The Kier molecular flexibility index (Phi) is 6.08. The largest absolute Gasteiger partial charge is 0.497 e. The van der Waals surface area contributed by atoms with Gasteiger partial charge in [-0.3, -0.25) is 9.59 Å². The molecule has 0 spiro atoms. The quantitative estimate of drug-likeness (QED) is 0.429. The van der Waals surface area contributed by atoms with E-state index in [-0.39, 0.29) is 18.2 Å². The maximum atomic E-state index is 13.1. The zero-order chi connectivity index (χ0) is 24.5. The van der Waals surface area contributed by atoms with Gasteiger partial charge in [0.05, 0.1) is 24.4 Å². The summed E-state index contributed by atoms with van der Waals surface area (Å²) >= 11 is 1.43. The lowest BCUT2D eigenvalue weighted by molar-refractivity contribution is -0.122. The van der Waals surface area contributed by atoms with Gasteiger partial charge in [-0.25, -0.2) is 4.98 Å². The number of anilines is 2. The molecule has 3 heterocycles. The molecule has 9 heteroatoms. The van der Waals surface area contributed by atoms with E-state index < -0.39 is 5.92 Å². The Morgan fingerprint density at radius 1 is 1.14 bits per heavy atom. The number of thiazole rings is 1. The maximum Gasteiger partial charge on any atom is 0.230 e. The molecular weight excluding hydrogens is 462 g/mol. The Morgan fingerprint density at radius 2 is 1.94 bits per heavy atom. The molecule has 1 saturated heterocycles. The number of nitrogens with zero attached hydrogens (tertiary/aromatic N) is 4. The minimum Gasteiger partial charge on any atom is -0.497 e. The highest BCUT2D eigenvalue weighted by Gasteiger charge is 2.35. The molecule has 5 rings (SSSR count). The number of carbonyl (C=O) groups is 2. The van der Waals surface area contributed by atoms with Gasteiger partial charge in [0.25, 0.3) is 0 Å². The molecule has 1 fully saturated rings. The van der Waals surface area contributed by atoms with Crippen LogP contribution in [0.2, 0.25) is 0 Å².